The Morgan fingerprint density at radius 1 is 0.986 bits per heavy atom. The van der Waals surface area contributed by atoms with Gasteiger partial charge >= 0.3 is 0 Å². The van der Waals surface area contributed by atoms with Crippen molar-refractivity contribution < 1.29 is 38.2 Å². The van der Waals surface area contributed by atoms with Crippen LogP contribution in [0, 0.1) is 28.6 Å². The van der Waals surface area contributed by atoms with Gasteiger partial charge in [-0.1, -0.05) is 63.9 Å². The number of hydrogen-bond acceptors (Lipinski definition) is 11. The second-order valence-electron chi connectivity index (χ2n) is 21.1. The summed E-state index contributed by atoms with van der Waals surface area (Å²) >= 11 is 0. The Morgan fingerprint density at radius 2 is 1.76 bits per heavy atom. The number of ether oxygens (including phenoxy) is 3. The first-order valence-electron chi connectivity index (χ1n) is 25.6. The SMILES string of the molecule is CO[C@@H](C)c1ncccc1-c1c(CC(C)(C)COC=O)c2cc(-c3cccc(C[C@H](NC(=O)[C@H](C(C)C)N4CCC5(CCN(C(=O)C#CCN6CCOCC6)C5)C4=O)C(=O)N4CCCCN4)c3)ccc2n1C. The summed E-state index contributed by atoms with van der Waals surface area (Å²) in [6.45, 7) is 16.4. The first-order chi connectivity index (χ1) is 34.6. The number of hydrazine groups is 1. The minimum atomic E-state index is -0.924. The Morgan fingerprint density at radius 3 is 2.50 bits per heavy atom. The van der Waals surface area contributed by atoms with Crippen molar-refractivity contribution in [3.05, 3.63) is 77.6 Å². The maximum atomic E-state index is 14.7. The van der Waals surface area contributed by atoms with Crippen LogP contribution in [-0.2, 0) is 58.1 Å². The zero-order chi connectivity index (χ0) is 51.2. The molecular weight excluding hydrogens is 913 g/mol. The number of carbonyl (C=O) groups excluding carboxylic acids is 5. The molecule has 1 spiro atoms. The molecule has 4 atom stereocenters. The maximum Gasteiger partial charge on any atom is 0.298 e. The van der Waals surface area contributed by atoms with E-state index in [0.717, 1.165) is 76.0 Å². The van der Waals surface area contributed by atoms with Crippen LogP contribution in [0.3, 0.4) is 0 Å². The van der Waals surface area contributed by atoms with Gasteiger partial charge in [-0.25, -0.2) is 5.43 Å². The minimum Gasteiger partial charge on any atom is -0.467 e. The molecule has 4 aliphatic rings. The van der Waals surface area contributed by atoms with Gasteiger partial charge in [0.2, 0.25) is 11.8 Å². The molecule has 2 aromatic carbocycles. The lowest BCUT2D eigenvalue weighted by atomic mass is 9.84. The summed E-state index contributed by atoms with van der Waals surface area (Å²) in [5.41, 5.74) is 9.75. The summed E-state index contributed by atoms with van der Waals surface area (Å²) in [5, 5.41) is 5.83. The highest BCUT2D eigenvalue weighted by Gasteiger charge is 2.54. The number of aromatic nitrogens is 2. The van der Waals surface area contributed by atoms with Crippen molar-refractivity contribution in [2.24, 2.45) is 23.8 Å². The number of fused-ring (bicyclic) bond motifs is 1. The van der Waals surface area contributed by atoms with E-state index in [-0.39, 0.29) is 55.2 Å². The van der Waals surface area contributed by atoms with E-state index in [0.29, 0.717) is 71.7 Å². The molecule has 16 heteroatoms. The molecule has 16 nitrogen and oxygen atoms in total. The van der Waals surface area contributed by atoms with Crippen LogP contribution >= 0.6 is 0 Å². The van der Waals surface area contributed by atoms with Crippen molar-refractivity contribution in [3.63, 3.8) is 0 Å². The zero-order valence-electron chi connectivity index (χ0n) is 43.1. The van der Waals surface area contributed by atoms with Gasteiger partial charge in [-0.2, -0.15) is 0 Å². The molecule has 0 saturated carbocycles. The molecule has 4 aromatic rings. The summed E-state index contributed by atoms with van der Waals surface area (Å²) < 4.78 is 18.7. The third-order valence-corrected chi connectivity index (χ3v) is 15.1. The Labute approximate surface area is 424 Å². The quantitative estimate of drug-likeness (QED) is 0.104. The summed E-state index contributed by atoms with van der Waals surface area (Å²) in [6.07, 6.45) is 5.17. The fourth-order valence-corrected chi connectivity index (χ4v) is 11.1. The smallest absolute Gasteiger partial charge is 0.298 e. The average molecular weight is 985 g/mol. The molecule has 4 saturated heterocycles. The third-order valence-electron chi connectivity index (χ3n) is 15.1. The zero-order valence-corrected chi connectivity index (χ0v) is 43.1. The Kier molecular flexibility index (Phi) is 16.5. The molecule has 4 aliphatic heterocycles. The Bertz CT molecular complexity index is 2690. The molecule has 8 rings (SSSR count). The van der Waals surface area contributed by atoms with E-state index in [4.69, 9.17) is 19.2 Å². The standard InChI is InChI=1S/C56H72N8O8/c1-38(2)50(63-26-20-56(54(63)69)19-25-62(35-56)48(66)16-12-23-61-27-29-71-30-28-61)52(67)59-46(53(68)64-24-9-8-22-58-64)32-40-13-10-14-41(31-40)42-17-18-47-44(33-42)45(34-55(4,5)36-72-37-65)51(60(47)6)43-15-11-21-57-49(43)39(3)70-7/h10-11,13-15,17-18,21,31,33,37-39,46,50,58H,8-9,19-20,22-30,32,34-36H2,1-7H3,(H,59,67)/t39-,46-,50-,56?/m0/s1. The van der Waals surface area contributed by atoms with E-state index >= 15 is 0 Å². The molecule has 2 aromatic heterocycles. The fraction of sp³-hybridized carbons (Fsp3) is 0.536. The highest BCUT2D eigenvalue weighted by molar-refractivity contribution is 5.98. The van der Waals surface area contributed by atoms with Crippen LogP contribution in [0.5, 0.6) is 0 Å². The number of morpholine rings is 1. The van der Waals surface area contributed by atoms with Crippen LogP contribution in [0.2, 0.25) is 0 Å². The number of nitrogens with one attached hydrogen (secondary N) is 2. The second kappa shape index (κ2) is 22.7. The van der Waals surface area contributed by atoms with Crippen LogP contribution in [0.4, 0.5) is 0 Å². The van der Waals surface area contributed by atoms with Gasteiger partial charge in [0, 0.05) is 94.5 Å². The molecule has 6 heterocycles. The molecule has 384 valence electrons. The number of amides is 4. The molecule has 4 amide bonds. The lowest BCUT2D eigenvalue weighted by Crippen LogP contribution is -2.59. The van der Waals surface area contributed by atoms with Crippen LogP contribution in [0.25, 0.3) is 33.3 Å². The topological polar surface area (TPSA) is 168 Å². The predicted octanol–water partition coefficient (Wildman–Crippen LogP) is 5.32. The van der Waals surface area contributed by atoms with Crippen molar-refractivity contribution in [3.8, 4) is 34.2 Å². The number of nitrogens with zero attached hydrogens (tertiary/aromatic N) is 6. The van der Waals surface area contributed by atoms with Crippen LogP contribution in [0.1, 0.15) is 83.2 Å². The largest absolute Gasteiger partial charge is 0.467 e. The van der Waals surface area contributed by atoms with E-state index in [1.54, 1.807) is 28.1 Å². The summed E-state index contributed by atoms with van der Waals surface area (Å²) in [7, 11) is 3.74. The average Bonchev–Trinajstić information content (AvgIpc) is 4.05. The third kappa shape index (κ3) is 11.4. The van der Waals surface area contributed by atoms with Gasteiger partial charge in [0.05, 0.1) is 49.3 Å². The molecule has 72 heavy (non-hydrogen) atoms. The number of pyridine rings is 1. The monoisotopic (exact) mass is 985 g/mol. The van der Waals surface area contributed by atoms with E-state index in [2.05, 4.69) is 89.3 Å². The summed E-state index contributed by atoms with van der Waals surface area (Å²) in [5.74, 6) is 4.54. The minimum absolute atomic E-state index is 0.130. The number of likely N-dealkylation sites (tertiary alicyclic amines) is 2. The predicted molar refractivity (Wildman–Crippen MR) is 275 cm³/mol. The summed E-state index contributed by atoms with van der Waals surface area (Å²) in [6, 6.07) is 16.8. The molecule has 0 bridgehead atoms. The van der Waals surface area contributed by atoms with E-state index < -0.39 is 22.9 Å². The van der Waals surface area contributed by atoms with Crippen molar-refractivity contribution >= 4 is 41.0 Å². The molecule has 0 aliphatic carbocycles. The first kappa shape index (κ1) is 52.2. The lowest BCUT2D eigenvalue weighted by molar-refractivity contribution is -0.146. The van der Waals surface area contributed by atoms with Gasteiger partial charge in [0.1, 0.15) is 12.1 Å². The van der Waals surface area contributed by atoms with Crippen molar-refractivity contribution in [1.82, 2.24) is 40.0 Å². The molecular formula is C56H72N8O8. The normalized spacial score (nSPS) is 19.9. The maximum absolute atomic E-state index is 14.7. The number of rotatable bonds is 17. The summed E-state index contributed by atoms with van der Waals surface area (Å²) in [4.78, 5) is 78.6. The van der Waals surface area contributed by atoms with Crippen LogP contribution in [0.15, 0.2) is 60.8 Å². The van der Waals surface area contributed by atoms with Gasteiger partial charge in [-0.3, -0.25) is 38.9 Å². The van der Waals surface area contributed by atoms with Gasteiger partial charge < -0.3 is 33.9 Å². The lowest BCUT2D eigenvalue weighted by Gasteiger charge is -2.35. The highest BCUT2D eigenvalue weighted by atomic mass is 16.5. The molecule has 1 unspecified atom stereocenters. The number of methoxy groups -OCH3 is 1. The van der Waals surface area contributed by atoms with E-state index in [9.17, 15) is 24.0 Å². The molecule has 2 N–H and O–H groups in total. The van der Waals surface area contributed by atoms with E-state index in [1.165, 1.54) is 0 Å². The van der Waals surface area contributed by atoms with Gasteiger partial charge in [0.15, 0.2) is 0 Å². The van der Waals surface area contributed by atoms with Gasteiger partial charge in [-0.15, -0.1) is 0 Å². The highest BCUT2D eigenvalue weighted by Crippen LogP contribution is 2.43. The number of aryl methyl sites for hydroxylation is 1. The number of carbonyl (C=O) groups is 5. The fourth-order valence-electron chi connectivity index (χ4n) is 11.1. The van der Waals surface area contributed by atoms with Crippen LogP contribution < -0.4 is 10.7 Å². The number of hydrogen-bond donors (Lipinski definition) is 2. The second-order valence-corrected chi connectivity index (χ2v) is 21.1. The van der Waals surface area contributed by atoms with Gasteiger partial charge in [-0.05, 0) is 97.4 Å². The number of benzene rings is 2. The van der Waals surface area contributed by atoms with Crippen molar-refractivity contribution in [1.29, 1.82) is 0 Å². The van der Waals surface area contributed by atoms with Gasteiger partial charge in [0.25, 0.3) is 18.3 Å². The molecule has 4 fully saturated rings. The van der Waals surface area contributed by atoms with Crippen molar-refractivity contribution in [2.45, 2.75) is 91.3 Å². The Hall–Kier alpha value is -6.12. The van der Waals surface area contributed by atoms with Crippen LogP contribution in [-0.4, -0.2) is 151 Å². The molecule has 0 radical (unpaired) electrons. The Balaban J connectivity index is 1.05. The first-order valence-corrected chi connectivity index (χ1v) is 25.6. The van der Waals surface area contributed by atoms with E-state index in [1.807, 2.05) is 39.0 Å². The van der Waals surface area contributed by atoms with Crippen molar-refractivity contribution in [2.75, 3.05) is 79.3 Å².